The van der Waals surface area contributed by atoms with Gasteiger partial charge in [-0.25, -0.2) is 10.4 Å². The fourth-order valence-corrected chi connectivity index (χ4v) is 3.36. The summed E-state index contributed by atoms with van der Waals surface area (Å²) in [5.74, 6) is -0.0455. The number of anilines is 1. The number of hydrazone groups is 1. The lowest BCUT2D eigenvalue weighted by atomic mass is 10.1. The van der Waals surface area contributed by atoms with E-state index in [1.807, 2.05) is 31.2 Å². The number of amides is 1. The molecule has 0 fully saturated rings. The highest BCUT2D eigenvalue weighted by Gasteiger charge is 2.14. The number of phenols is 1. The molecule has 1 aromatic heterocycles. The number of phenolic OH excluding ortho intramolecular Hbond substituents is 1. The molecule has 3 rings (SSSR count). The quantitative estimate of drug-likeness (QED) is 0.457. The van der Waals surface area contributed by atoms with Gasteiger partial charge in [0.05, 0.1) is 15.9 Å². The SMILES string of the molecule is CC/C(=N\NC(=O)[C@@H](C)Nc1nc2ccccc2s1)c1ccc(O)cc1. The molecule has 7 heteroatoms. The molecule has 2 aromatic carbocycles. The van der Waals surface area contributed by atoms with Crippen molar-refractivity contribution in [3.05, 3.63) is 54.1 Å². The van der Waals surface area contributed by atoms with Crippen LogP contribution in [0.3, 0.4) is 0 Å². The van der Waals surface area contributed by atoms with Gasteiger partial charge < -0.3 is 10.4 Å². The monoisotopic (exact) mass is 368 g/mol. The Hall–Kier alpha value is -2.93. The van der Waals surface area contributed by atoms with E-state index >= 15 is 0 Å². The van der Waals surface area contributed by atoms with Crippen LogP contribution in [0.5, 0.6) is 5.75 Å². The van der Waals surface area contributed by atoms with Gasteiger partial charge in [-0.3, -0.25) is 4.79 Å². The Morgan fingerprint density at radius 2 is 1.96 bits per heavy atom. The van der Waals surface area contributed by atoms with Crippen molar-refractivity contribution in [2.24, 2.45) is 5.10 Å². The number of rotatable bonds is 6. The van der Waals surface area contributed by atoms with Crippen LogP contribution in [-0.4, -0.2) is 27.8 Å². The van der Waals surface area contributed by atoms with Crippen LogP contribution < -0.4 is 10.7 Å². The summed E-state index contributed by atoms with van der Waals surface area (Å²) in [4.78, 5) is 16.8. The average molecular weight is 368 g/mol. The summed E-state index contributed by atoms with van der Waals surface area (Å²) in [6, 6.07) is 14.1. The minimum Gasteiger partial charge on any atom is -0.508 e. The van der Waals surface area contributed by atoms with Gasteiger partial charge in [0.15, 0.2) is 5.13 Å². The molecule has 0 aliphatic heterocycles. The number of para-hydroxylation sites is 1. The summed E-state index contributed by atoms with van der Waals surface area (Å²) < 4.78 is 1.07. The van der Waals surface area contributed by atoms with Crippen LogP contribution in [-0.2, 0) is 4.79 Å². The Bertz CT molecular complexity index is 901. The zero-order valence-corrected chi connectivity index (χ0v) is 15.4. The van der Waals surface area contributed by atoms with Crippen molar-refractivity contribution in [3.63, 3.8) is 0 Å². The molecule has 0 aliphatic carbocycles. The molecule has 0 radical (unpaired) electrons. The number of fused-ring (bicyclic) bond motifs is 1. The predicted octanol–water partition coefficient (Wildman–Crippen LogP) is 3.73. The van der Waals surface area contributed by atoms with Crippen LogP contribution in [0, 0.1) is 0 Å². The molecule has 0 saturated heterocycles. The third-order valence-electron chi connectivity index (χ3n) is 3.86. The zero-order chi connectivity index (χ0) is 18.5. The normalized spacial score (nSPS) is 12.8. The van der Waals surface area contributed by atoms with Gasteiger partial charge in [-0.15, -0.1) is 0 Å². The average Bonchev–Trinajstić information content (AvgIpc) is 3.05. The Labute approximate surface area is 155 Å². The maximum atomic E-state index is 12.3. The first-order valence-electron chi connectivity index (χ1n) is 8.34. The molecular weight excluding hydrogens is 348 g/mol. The lowest BCUT2D eigenvalue weighted by Gasteiger charge is -2.11. The lowest BCUT2D eigenvalue weighted by Crippen LogP contribution is -2.35. The van der Waals surface area contributed by atoms with Gasteiger partial charge in [0.2, 0.25) is 0 Å². The van der Waals surface area contributed by atoms with Gasteiger partial charge in [-0.05, 0) is 55.3 Å². The molecule has 0 bridgehead atoms. The number of hydrogen-bond donors (Lipinski definition) is 3. The molecule has 0 saturated carbocycles. The summed E-state index contributed by atoms with van der Waals surface area (Å²) in [7, 11) is 0. The van der Waals surface area contributed by atoms with Crippen molar-refractivity contribution < 1.29 is 9.90 Å². The number of carbonyl (C=O) groups excluding carboxylic acids is 1. The molecular formula is C19H20N4O2S. The number of benzene rings is 2. The third kappa shape index (κ3) is 4.18. The molecule has 0 spiro atoms. The Morgan fingerprint density at radius 3 is 2.65 bits per heavy atom. The van der Waals surface area contributed by atoms with Gasteiger partial charge >= 0.3 is 0 Å². The van der Waals surface area contributed by atoms with Crippen LogP contribution in [0.25, 0.3) is 10.2 Å². The van der Waals surface area contributed by atoms with E-state index in [0.717, 1.165) is 21.5 Å². The van der Waals surface area contributed by atoms with Gasteiger partial charge in [-0.1, -0.05) is 30.4 Å². The van der Waals surface area contributed by atoms with Gasteiger partial charge in [0, 0.05) is 0 Å². The number of thiazole rings is 1. The molecule has 1 heterocycles. The van der Waals surface area contributed by atoms with Gasteiger partial charge in [-0.2, -0.15) is 5.10 Å². The van der Waals surface area contributed by atoms with E-state index < -0.39 is 6.04 Å². The van der Waals surface area contributed by atoms with Crippen LogP contribution in [0.1, 0.15) is 25.8 Å². The highest BCUT2D eigenvalue weighted by molar-refractivity contribution is 7.22. The van der Waals surface area contributed by atoms with Crippen LogP contribution in [0.4, 0.5) is 5.13 Å². The van der Waals surface area contributed by atoms with Crippen molar-refractivity contribution in [2.45, 2.75) is 26.3 Å². The first-order valence-corrected chi connectivity index (χ1v) is 9.16. The number of aromatic nitrogens is 1. The fourth-order valence-electron chi connectivity index (χ4n) is 2.41. The molecule has 3 N–H and O–H groups in total. The van der Waals surface area contributed by atoms with E-state index in [0.29, 0.717) is 11.6 Å². The second kappa shape index (κ2) is 7.97. The fraction of sp³-hybridized carbons (Fsp3) is 0.211. The van der Waals surface area contributed by atoms with Crippen LogP contribution in [0.15, 0.2) is 53.6 Å². The van der Waals surface area contributed by atoms with Crippen molar-refractivity contribution in [3.8, 4) is 5.75 Å². The van der Waals surface area contributed by atoms with Gasteiger partial charge in [0.1, 0.15) is 11.8 Å². The number of hydrogen-bond acceptors (Lipinski definition) is 6. The highest BCUT2D eigenvalue weighted by atomic mass is 32.1. The lowest BCUT2D eigenvalue weighted by molar-refractivity contribution is -0.121. The Balaban J connectivity index is 1.65. The zero-order valence-electron chi connectivity index (χ0n) is 14.6. The number of aromatic hydroxyl groups is 1. The van der Waals surface area contributed by atoms with E-state index in [1.165, 1.54) is 11.3 Å². The smallest absolute Gasteiger partial charge is 0.262 e. The molecule has 0 aliphatic rings. The van der Waals surface area contributed by atoms with Crippen molar-refractivity contribution in [2.75, 3.05) is 5.32 Å². The second-order valence-corrected chi connectivity index (χ2v) is 6.82. The summed E-state index contributed by atoms with van der Waals surface area (Å²) in [5, 5.41) is 17.4. The summed E-state index contributed by atoms with van der Waals surface area (Å²) in [6.45, 7) is 3.73. The van der Waals surface area contributed by atoms with E-state index in [9.17, 15) is 9.90 Å². The Morgan fingerprint density at radius 1 is 1.23 bits per heavy atom. The molecule has 1 amide bonds. The molecule has 6 nitrogen and oxygen atoms in total. The van der Waals surface area contributed by atoms with E-state index in [1.54, 1.807) is 31.2 Å². The number of nitrogens with one attached hydrogen (secondary N) is 2. The van der Waals surface area contributed by atoms with Crippen molar-refractivity contribution in [1.29, 1.82) is 0 Å². The third-order valence-corrected chi connectivity index (χ3v) is 4.83. The molecule has 0 unspecified atom stereocenters. The van der Waals surface area contributed by atoms with E-state index in [2.05, 4.69) is 20.8 Å². The predicted molar refractivity (Wildman–Crippen MR) is 106 cm³/mol. The van der Waals surface area contributed by atoms with E-state index in [4.69, 9.17) is 0 Å². The first-order chi connectivity index (χ1) is 12.6. The maximum Gasteiger partial charge on any atom is 0.262 e. The minimum atomic E-state index is -0.475. The number of nitrogens with zero attached hydrogens (tertiary/aromatic N) is 2. The molecule has 3 aromatic rings. The summed E-state index contributed by atoms with van der Waals surface area (Å²) in [6.07, 6.45) is 0.657. The minimum absolute atomic E-state index is 0.196. The van der Waals surface area contributed by atoms with Crippen molar-refractivity contribution >= 4 is 38.3 Å². The van der Waals surface area contributed by atoms with E-state index in [-0.39, 0.29) is 11.7 Å². The standard InChI is InChI=1S/C19H20N4O2S/c1-3-15(13-8-10-14(24)11-9-13)22-23-18(25)12(2)20-19-21-16-6-4-5-7-17(16)26-19/h4-12,24H,3H2,1-2H3,(H,20,21)(H,23,25)/b22-15+/t12-/m1/s1. The largest absolute Gasteiger partial charge is 0.508 e. The van der Waals surface area contributed by atoms with Crippen LogP contribution >= 0.6 is 11.3 Å². The first kappa shape index (κ1) is 17.9. The Kier molecular flexibility index (Phi) is 5.48. The topological polar surface area (TPSA) is 86.6 Å². The van der Waals surface area contributed by atoms with Gasteiger partial charge in [0.25, 0.3) is 5.91 Å². The highest BCUT2D eigenvalue weighted by Crippen LogP contribution is 2.25. The summed E-state index contributed by atoms with van der Waals surface area (Å²) >= 11 is 1.51. The molecule has 1 atom stereocenters. The maximum absolute atomic E-state index is 12.3. The van der Waals surface area contributed by atoms with Crippen LogP contribution in [0.2, 0.25) is 0 Å². The summed E-state index contributed by atoms with van der Waals surface area (Å²) in [5.41, 5.74) is 5.11. The number of carbonyl (C=O) groups is 1. The molecule has 134 valence electrons. The molecule has 26 heavy (non-hydrogen) atoms. The van der Waals surface area contributed by atoms with Crippen molar-refractivity contribution in [1.82, 2.24) is 10.4 Å². The second-order valence-electron chi connectivity index (χ2n) is 5.79.